The molecule has 2 aromatic carbocycles. The number of anilines is 1. The molecule has 0 saturated carbocycles. The molecule has 2 aliphatic rings. The van der Waals surface area contributed by atoms with Crippen molar-refractivity contribution < 1.29 is 4.74 Å². The van der Waals surface area contributed by atoms with Gasteiger partial charge in [0.1, 0.15) is 5.75 Å². The van der Waals surface area contributed by atoms with Gasteiger partial charge in [0.05, 0.1) is 6.61 Å². The molecule has 0 spiro atoms. The van der Waals surface area contributed by atoms with Crippen LogP contribution in [0.15, 0.2) is 42.5 Å². The minimum atomic E-state index is 0.441. The van der Waals surface area contributed by atoms with E-state index in [0.717, 1.165) is 45.0 Å². The van der Waals surface area contributed by atoms with Crippen molar-refractivity contribution in [3.05, 3.63) is 59.7 Å². The van der Waals surface area contributed by atoms with Crippen LogP contribution in [-0.4, -0.2) is 37.7 Å². The number of piperazine rings is 1. The third-order valence-electron chi connectivity index (χ3n) is 5.13. The average Bonchev–Trinajstić information content (AvgIpc) is 3.10. The predicted molar refractivity (Wildman–Crippen MR) is 93.1 cm³/mol. The van der Waals surface area contributed by atoms with Gasteiger partial charge in [-0.1, -0.05) is 24.3 Å². The van der Waals surface area contributed by atoms with Crippen LogP contribution in [0.5, 0.6) is 5.75 Å². The monoisotopic (exact) mass is 307 g/mol. The van der Waals surface area contributed by atoms with Gasteiger partial charge in [0.15, 0.2) is 0 Å². The lowest BCUT2D eigenvalue weighted by Crippen LogP contribution is -2.47. The zero-order valence-corrected chi connectivity index (χ0v) is 13.7. The van der Waals surface area contributed by atoms with E-state index in [-0.39, 0.29) is 0 Å². The standard InChI is InChI=1S/C20H23N2O/c1-16(18-8-7-17-9-14-23-20(17)15-18)21-10-12-22(13-11-21)19-5-3-2-4-6-19/h3-8,15-16H,9-14H2,1H3. The van der Waals surface area contributed by atoms with Gasteiger partial charge < -0.3 is 9.64 Å². The molecule has 119 valence electrons. The molecule has 2 aromatic rings. The van der Waals surface area contributed by atoms with Gasteiger partial charge in [-0.05, 0) is 42.3 Å². The fraction of sp³-hybridized carbons (Fsp3) is 0.400. The van der Waals surface area contributed by atoms with Crippen molar-refractivity contribution in [3.63, 3.8) is 0 Å². The maximum Gasteiger partial charge on any atom is 0.122 e. The lowest BCUT2D eigenvalue weighted by molar-refractivity contribution is 0.198. The molecule has 0 amide bonds. The lowest BCUT2D eigenvalue weighted by Gasteiger charge is -2.39. The normalized spacial score (nSPS) is 19.3. The number of fused-ring (bicyclic) bond motifs is 1. The Balaban J connectivity index is 1.42. The van der Waals surface area contributed by atoms with E-state index in [0.29, 0.717) is 6.04 Å². The zero-order valence-electron chi connectivity index (χ0n) is 13.7. The highest BCUT2D eigenvalue weighted by Gasteiger charge is 2.23. The molecule has 0 N–H and O–H groups in total. The molecule has 1 fully saturated rings. The van der Waals surface area contributed by atoms with E-state index in [1.807, 2.05) is 12.1 Å². The Kier molecular flexibility index (Phi) is 3.96. The van der Waals surface area contributed by atoms with Crippen molar-refractivity contribution in [1.29, 1.82) is 0 Å². The van der Waals surface area contributed by atoms with Crippen molar-refractivity contribution in [3.8, 4) is 5.75 Å². The van der Waals surface area contributed by atoms with Gasteiger partial charge in [0.2, 0.25) is 0 Å². The minimum absolute atomic E-state index is 0.441. The zero-order chi connectivity index (χ0) is 15.6. The number of ether oxygens (including phenoxy) is 1. The van der Waals surface area contributed by atoms with Gasteiger partial charge in [-0.3, -0.25) is 4.90 Å². The Morgan fingerprint density at radius 3 is 2.61 bits per heavy atom. The molecule has 23 heavy (non-hydrogen) atoms. The number of nitrogens with zero attached hydrogens (tertiary/aromatic N) is 2. The summed E-state index contributed by atoms with van der Waals surface area (Å²) in [6, 6.07) is 18.6. The van der Waals surface area contributed by atoms with E-state index in [9.17, 15) is 0 Å². The number of rotatable bonds is 3. The van der Waals surface area contributed by atoms with Crippen LogP contribution in [0, 0.1) is 6.07 Å². The summed E-state index contributed by atoms with van der Waals surface area (Å²) in [5, 5.41) is 0. The average molecular weight is 307 g/mol. The molecule has 1 unspecified atom stereocenters. The lowest BCUT2D eigenvalue weighted by atomic mass is 10.0. The third-order valence-corrected chi connectivity index (χ3v) is 5.13. The van der Waals surface area contributed by atoms with Crippen molar-refractivity contribution in [2.24, 2.45) is 0 Å². The van der Waals surface area contributed by atoms with Gasteiger partial charge in [-0.2, -0.15) is 0 Å². The largest absolute Gasteiger partial charge is 0.493 e. The maximum absolute atomic E-state index is 5.72. The van der Waals surface area contributed by atoms with Crippen molar-refractivity contribution in [2.75, 3.05) is 37.7 Å². The van der Waals surface area contributed by atoms with E-state index >= 15 is 0 Å². The summed E-state index contributed by atoms with van der Waals surface area (Å²) in [4.78, 5) is 5.03. The second-order valence-corrected chi connectivity index (χ2v) is 6.42. The number of hydrogen-bond donors (Lipinski definition) is 0. The topological polar surface area (TPSA) is 15.7 Å². The van der Waals surface area contributed by atoms with Gasteiger partial charge in [0.25, 0.3) is 0 Å². The van der Waals surface area contributed by atoms with Crippen LogP contribution < -0.4 is 9.64 Å². The van der Waals surface area contributed by atoms with Crippen LogP contribution in [0.2, 0.25) is 0 Å². The molecule has 4 rings (SSSR count). The van der Waals surface area contributed by atoms with Crippen molar-refractivity contribution >= 4 is 5.69 Å². The smallest absolute Gasteiger partial charge is 0.122 e. The molecule has 0 aliphatic carbocycles. The predicted octanol–water partition coefficient (Wildman–Crippen LogP) is 3.30. The minimum Gasteiger partial charge on any atom is -0.493 e. The van der Waals surface area contributed by atoms with Crippen LogP contribution in [-0.2, 0) is 6.42 Å². The van der Waals surface area contributed by atoms with Gasteiger partial charge in [-0.25, -0.2) is 0 Å². The summed E-state index contributed by atoms with van der Waals surface area (Å²) >= 11 is 0. The molecule has 1 saturated heterocycles. The van der Waals surface area contributed by atoms with Crippen molar-refractivity contribution in [1.82, 2.24) is 4.90 Å². The first-order valence-corrected chi connectivity index (χ1v) is 8.52. The Morgan fingerprint density at radius 1 is 1.04 bits per heavy atom. The molecule has 0 aromatic heterocycles. The summed E-state index contributed by atoms with van der Waals surface area (Å²) in [6.45, 7) is 7.49. The van der Waals surface area contributed by atoms with E-state index in [1.165, 1.54) is 16.8 Å². The fourth-order valence-corrected chi connectivity index (χ4v) is 3.61. The summed E-state index contributed by atoms with van der Waals surface area (Å²) in [7, 11) is 0. The Labute approximate surface area is 138 Å². The van der Waals surface area contributed by atoms with Crippen LogP contribution in [0.25, 0.3) is 0 Å². The summed E-state index contributed by atoms with van der Waals surface area (Å²) in [5.41, 5.74) is 4.03. The number of benzene rings is 2. The highest BCUT2D eigenvalue weighted by molar-refractivity contribution is 5.46. The second-order valence-electron chi connectivity index (χ2n) is 6.42. The SMILES string of the molecule is CC(c1ccc2c(c1)OCC2)N1CCN(c2cc[c]cc2)CC1. The van der Waals surface area contributed by atoms with E-state index < -0.39 is 0 Å². The molecular formula is C20H23N2O. The molecule has 1 atom stereocenters. The second kappa shape index (κ2) is 6.25. The fourth-order valence-electron chi connectivity index (χ4n) is 3.61. The Bertz CT molecular complexity index is 663. The quantitative estimate of drug-likeness (QED) is 0.865. The molecule has 0 bridgehead atoms. The summed E-state index contributed by atoms with van der Waals surface area (Å²) < 4.78 is 5.72. The van der Waals surface area contributed by atoms with E-state index in [2.05, 4.69) is 53.1 Å². The van der Waals surface area contributed by atoms with Gasteiger partial charge in [0, 0.05) is 44.3 Å². The molecule has 1 radical (unpaired) electrons. The molecule has 3 heteroatoms. The first-order valence-electron chi connectivity index (χ1n) is 8.52. The van der Waals surface area contributed by atoms with Gasteiger partial charge in [-0.15, -0.1) is 0 Å². The maximum atomic E-state index is 5.72. The Morgan fingerprint density at radius 2 is 1.83 bits per heavy atom. The molecule has 3 nitrogen and oxygen atoms in total. The highest BCUT2D eigenvalue weighted by Crippen LogP contribution is 2.31. The van der Waals surface area contributed by atoms with Crippen LogP contribution in [0.4, 0.5) is 5.69 Å². The molecule has 2 aliphatic heterocycles. The third kappa shape index (κ3) is 2.93. The molecular weight excluding hydrogens is 284 g/mol. The first kappa shape index (κ1) is 14.6. The molecule has 2 heterocycles. The summed E-state index contributed by atoms with van der Waals surface area (Å²) in [6.07, 6.45) is 1.05. The van der Waals surface area contributed by atoms with Crippen molar-refractivity contribution in [2.45, 2.75) is 19.4 Å². The van der Waals surface area contributed by atoms with E-state index in [1.54, 1.807) is 0 Å². The van der Waals surface area contributed by atoms with Crippen LogP contribution >= 0.6 is 0 Å². The summed E-state index contributed by atoms with van der Waals surface area (Å²) in [5.74, 6) is 1.09. The van der Waals surface area contributed by atoms with Crippen LogP contribution in [0.1, 0.15) is 24.1 Å². The number of hydrogen-bond acceptors (Lipinski definition) is 3. The van der Waals surface area contributed by atoms with Gasteiger partial charge >= 0.3 is 0 Å². The Hall–Kier alpha value is -2.00. The highest BCUT2D eigenvalue weighted by atomic mass is 16.5. The van der Waals surface area contributed by atoms with E-state index in [4.69, 9.17) is 4.74 Å². The van der Waals surface area contributed by atoms with Crippen LogP contribution in [0.3, 0.4) is 0 Å². The first-order chi connectivity index (χ1) is 11.3.